The monoisotopic (exact) mass is 273 g/mol. The molecule has 6 nitrogen and oxygen atoms in total. The van der Waals surface area contributed by atoms with E-state index in [-0.39, 0.29) is 0 Å². The molecule has 0 aliphatic rings. The smallest absolute Gasteiger partial charge is 0.322 e. The van der Waals surface area contributed by atoms with E-state index in [0.29, 0.717) is 17.9 Å². The van der Waals surface area contributed by atoms with Crippen molar-refractivity contribution in [1.82, 2.24) is 15.0 Å². The van der Waals surface area contributed by atoms with Crippen LogP contribution in [0.2, 0.25) is 0 Å². The molecule has 0 bridgehead atoms. The average Bonchev–Trinajstić information content (AvgIpc) is 2.53. The summed E-state index contributed by atoms with van der Waals surface area (Å²) in [5, 5.41) is 2.92. The molecule has 1 aromatic heterocycles. The highest BCUT2D eigenvalue weighted by Gasteiger charge is 2.12. The van der Waals surface area contributed by atoms with E-state index in [4.69, 9.17) is 4.74 Å². The fourth-order valence-electron chi connectivity index (χ4n) is 1.82. The van der Waals surface area contributed by atoms with Crippen molar-refractivity contribution in [2.75, 3.05) is 30.9 Å². The van der Waals surface area contributed by atoms with Gasteiger partial charge in [0.15, 0.2) is 0 Å². The predicted octanol–water partition coefficient (Wildman–Crippen LogP) is 1.95. The topological polar surface area (TPSA) is 63.2 Å². The van der Waals surface area contributed by atoms with Gasteiger partial charge >= 0.3 is 6.01 Å². The molecule has 0 saturated heterocycles. The molecule has 1 aromatic carbocycles. The average molecular weight is 273 g/mol. The standard InChI is InChI=1S/C14H19N5O/c1-4-19(10-11-8-6-5-7-9-11)13-16-12(15-2)17-14(18-13)20-3/h5-9H,4,10H2,1-3H3,(H,15,16,17,18). The minimum atomic E-state index is 0.311. The number of benzene rings is 1. The van der Waals surface area contributed by atoms with Crippen molar-refractivity contribution < 1.29 is 4.74 Å². The molecular formula is C14H19N5O. The quantitative estimate of drug-likeness (QED) is 0.868. The summed E-state index contributed by atoms with van der Waals surface area (Å²) >= 11 is 0. The third kappa shape index (κ3) is 3.34. The molecule has 20 heavy (non-hydrogen) atoms. The number of methoxy groups -OCH3 is 1. The molecule has 106 valence electrons. The lowest BCUT2D eigenvalue weighted by Gasteiger charge is -2.21. The first-order valence-corrected chi connectivity index (χ1v) is 6.53. The Morgan fingerprint density at radius 3 is 2.50 bits per heavy atom. The Kier molecular flexibility index (Phi) is 4.70. The Labute approximate surface area is 118 Å². The molecule has 1 heterocycles. The molecule has 1 N–H and O–H groups in total. The molecule has 6 heteroatoms. The number of hydrogen-bond donors (Lipinski definition) is 1. The lowest BCUT2D eigenvalue weighted by atomic mass is 10.2. The van der Waals surface area contributed by atoms with Crippen molar-refractivity contribution in [3.05, 3.63) is 35.9 Å². The lowest BCUT2D eigenvalue weighted by molar-refractivity contribution is 0.378. The first-order chi connectivity index (χ1) is 9.76. The molecule has 0 aliphatic heterocycles. The summed E-state index contributed by atoms with van der Waals surface area (Å²) in [4.78, 5) is 14.9. The molecule has 0 atom stereocenters. The van der Waals surface area contributed by atoms with Crippen molar-refractivity contribution in [1.29, 1.82) is 0 Å². The molecule has 0 spiro atoms. The zero-order valence-electron chi connectivity index (χ0n) is 12.0. The van der Waals surface area contributed by atoms with Crippen LogP contribution >= 0.6 is 0 Å². The van der Waals surface area contributed by atoms with Gasteiger partial charge in [0.2, 0.25) is 11.9 Å². The summed E-state index contributed by atoms with van der Waals surface area (Å²) in [6.07, 6.45) is 0. The van der Waals surface area contributed by atoms with Gasteiger partial charge in [0.05, 0.1) is 7.11 Å². The summed E-state index contributed by atoms with van der Waals surface area (Å²) in [5.41, 5.74) is 1.21. The van der Waals surface area contributed by atoms with Crippen molar-refractivity contribution in [2.24, 2.45) is 0 Å². The summed E-state index contributed by atoms with van der Waals surface area (Å²) < 4.78 is 5.11. The highest BCUT2D eigenvalue weighted by atomic mass is 16.5. The summed E-state index contributed by atoms with van der Waals surface area (Å²) in [6.45, 7) is 3.61. The Hall–Kier alpha value is -2.37. The third-order valence-electron chi connectivity index (χ3n) is 2.89. The van der Waals surface area contributed by atoms with Gasteiger partial charge in [0, 0.05) is 20.1 Å². The minimum Gasteiger partial charge on any atom is -0.467 e. The van der Waals surface area contributed by atoms with Crippen LogP contribution in [0.15, 0.2) is 30.3 Å². The highest BCUT2D eigenvalue weighted by Crippen LogP contribution is 2.16. The van der Waals surface area contributed by atoms with Gasteiger partial charge in [-0.05, 0) is 12.5 Å². The highest BCUT2D eigenvalue weighted by molar-refractivity contribution is 5.39. The van der Waals surface area contributed by atoms with Gasteiger partial charge < -0.3 is 15.0 Å². The van der Waals surface area contributed by atoms with Crippen molar-refractivity contribution >= 4 is 11.9 Å². The van der Waals surface area contributed by atoms with E-state index in [1.54, 1.807) is 14.2 Å². The molecule has 0 fully saturated rings. The van der Waals surface area contributed by atoms with Gasteiger partial charge in [-0.25, -0.2) is 0 Å². The van der Waals surface area contributed by atoms with Crippen LogP contribution in [-0.4, -0.2) is 35.7 Å². The van der Waals surface area contributed by atoms with E-state index in [1.165, 1.54) is 5.56 Å². The van der Waals surface area contributed by atoms with Crippen LogP contribution < -0.4 is 15.0 Å². The summed E-state index contributed by atoms with van der Waals surface area (Å²) in [5.74, 6) is 1.10. The van der Waals surface area contributed by atoms with Gasteiger partial charge in [-0.2, -0.15) is 15.0 Å². The third-order valence-corrected chi connectivity index (χ3v) is 2.89. The van der Waals surface area contributed by atoms with Crippen LogP contribution in [0.4, 0.5) is 11.9 Å². The van der Waals surface area contributed by atoms with Crippen molar-refractivity contribution in [3.8, 4) is 6.01 Å². The fraction of sp³-hybridized carbons (Fsp3) is 0.357. The normalized spacial score (nSPS) is 10.2. The van der Waals surface area contributed by atoms with E-state index < -0.39 is 0 Å². The zero-order chi connectivity index (χ0) is 14.4. The van der Waals surface area contributed by atoms with E-state index in [0.717, 1.165) is 13.1 Å². The van der Waals surface area contributed by atoms with Crippen LogP contribution in [0.1, 0.15) is 12.5 Å². The molecule has 0 saturated carbocycles. The van der Waals surface area contributed by atoms with Crippen molar-refractivity contribution in [3.63, 3.8) is 0 Å². The Balaban J connectivity index is 2.26. The van der Waals surface area contributed by atoms with Crippen molar-refractivity contribution in [2.45, 2.75) is 13.5 Å². The zero-order valence-corrected chi connectivity index (χ0v) is 12.0. The maximum atomic E-state index is 5.11. The summed E-state index contributed by atoms with van der Waals surface area (Å²) in [7, 11) is 3.32. The number of aromatic nitrogens is 3. The molecular weight excluding hydrogens is 254 g/mol. The van der Waals surface area contributed by atoms with E-state index in [9.17, 15) is 0 Å². The first kappa shape index (κ1) is 14.0. The molecule has 2 rings (SSSR count). The Morgan fingerprint density at radius 2 is 1.90 bits per heavy atom. The second-order valence-corrected chi connectivity index (χ2v) is 4.20. The minimum absolute atomic E-state index is 0.311. The largest absolute Gasteiger partial charge is 0.467 e. The molecule has 2 aromatic rings. The molecule has 0 amide bonds. The van der Waals surface area contributed by atoms with E-state index in [1.807, 2.05) is 18.2 Å². The van der Waals surface area contributed by atoms with Gasteiger partial charge in [-0.3, -0.25) is 0 Å². The van der Waals surface area contributed by atoms with Gasteiger partial charge in [0.1, 0.15) is 0 Å². The van der Waals surface area contributed by atoms with Crippen LogP contribution in [0.25, 0.3) is 0 Å². The molecule has 0 radical (unpaired) electrons. The first-order valence-electron chi connectivity index (χ1n) is 6.53. The Morgan fingerprint density at radius 1 is 1.15 bits per heavy atom. The van der Waals surface area contributed by atoms with Crippen LogP contribution in [0, 0.1) is 0 Å². The van der Waals surface area contributed by atoms with Gasteiger partial charge in [0.25, 0.3) is 0 Å². The number of hydrogen-bond acceptors (Lipinski definition) is 6. The Bertz CT molecular complexity index is 524. The molecule has 0 aliphatic carbocycles. The number of ether oxygens (including phenoxy) is 1. The van der Waals surface area contributed by atoms with E-state index >= 15 is 0 Å². The second kappa shape index (κ2) is 6.70. The lowest BCUT2D eigenvalue weighted by Crippen LogP contribution is -2.25. The fourth-order valence-corrected chi connectivity index (χ4v) is 1.82. The number of nitrogens with zero attached hydrogens (tertiary/aromatic N) is 4. The van der Waals surface area contributed by atoms with Gasteiger partial charge in [-0.15, -0.1) is 0 Å². The van der Waals surface area contributed by atoms with Crippen LogP contribution in [0.3, 0.4) is 0 Å². The predicted molar refractivity (Wildman–Crippen MR) is 79.1 cm³/mol. The van der Waals surface area contributed by atoms with Crippen LogP contribution in [-0.2, 0) is 6.54 Å². The number of nitrogens with one attached hydrogen (secondary N) is 1. The molecule has 0 unspecified atom stereocenters. The van der Waals surface area contributed by atoms with Gasteiger partial charge in [-0.1, -0.05) is 30.3 Å². The maximum absolute atomic E-state index is 5.11. The SMILES string of the molecule is CCN(Cc1ccccc1)c1nc(NC)nc(OC)n1. The second-order valence-electron chi connectivity index (χ2n) is 4.20. The maximum Gasteiger partial charge on any atom is 0.322 e. The van der Waals surface area contributed by atoms with E-state index in [2.05, 4.69) is 44.2 Å². The number of anilines is 2. The number of rotatable bonds is 6. The summed E-state index contributed by atoms with van der Waals surface area (Å²) in [6, 6.07) is 10.5. The van der Waals surface area contributed by atoms with Crippen LogP contribution in [0.5, 0.6) is 6.01 Å².